The van der Waals surface area contributed by atoms with Crippen LogP contribution >= 0.6 is 0 Å². The summed E-state index contributed by atoms with van der Waals surface area (Å²) in [5, 5.41) is 13.8. The van der Waals surface area contributed by atoms with Crippen LogP contribution in [0.25, 0.3) is 22.0 Å². The number of aromatic amines is 1. The van der Waals surface area contributed by atoms with Crippen LogP contribution < -0.4 is 10.1 Å². The Morgan fingerprint density at radius 1 is 1.12 bits per heavy atom. The van der Waals surface area contributed by atoms with E-state index in [1.165, 1.54) is 18.2 Å². The van der Waals surface area contributed by atoms with Crippen LogP contribution in [0.2, 0.25) is 0 Å². The maximum atomic E-state index is 14.4. The van der Waals surface area contributed by atoms with Gasteiger partial charge in [0, 0.05) is 22.7 Å². The molecule has 34 heavy (non-hydrogen) atoms. The molecule has 3 N–H and O–H groups in total. The van der Waals surface area contributed by atoms with Gasteiger partial charge in [-0.1, -0.05) is 43.3 Å². The highest BCUT2D eigenvalue weighted by atomic mass is 19.2. The van der Waals surface area contributed by atoms with Crippen LogP contribution in [0.4, 0.5) is 8.78 Å². The number of amides is 1. The third-order valence-corrected chi connectivity index (χ3v) is 5.65. The Balaban J connectivity index is 1.62. The molecule has 0 bridgehead atoms. The van der Waals surface area contributed by atoms with E-state index in [0.29, 0.717) is 24.3 Å². The lowest BCUT2D eigenvalue weighted by atomic mass is 10.0. The highest BCUT2D eigenvalue weighted by Gasteiger charge is 2.20. The van der Waals surface area contributed by atoms with E-state index in [1.54, 1.807) is 12.1 Å². The maximum absolute atomic E-state index is 14.4. The molecule has 1 amide bonds. The minimum atomic E-state index is -0.983. The van der Waals surface area contributed by atoms with E-state index in [9.17, 15) is 18.7 Å². The largest absolute Gasteiger partial charge is 0.493 e. The fourth-order valence-corrected chi connectivity index (χ4v) is 3.93. The molecule has 0 spiro atoms. The number of hydrogen-bond acceptors (Lipinski definition) is 3. The molecule has 0 aliphatic rings. The Kier molecular flexibility index (Phi) is 7.23. The first-order chi connectivity index (χ1) is 16.5. The maximum Gasteiger partial charge on any atom is 0.255 e. The summed E-state index contributed by atoms with van der Waals surface area (Å²) < 4.78 is 33.9. The topological polar surface area (TPSA) is 74.3 Å². The first-order valence-corrected chi connectivity index (χ1v) is 11.2. The summed E-state index contributed by atoms with van der Waals surface area (Å²) in [6, 6.07) is 15.8. The molecule has 3 aromatic carbocycles. The zero-order valence-corrected chi connectivity index (χ0v) is 18.8. The molecule has 7 heteroatoms. The van der Waals surface area contributed by atoms with Gasteiger partial charge in [-0.15, -0.1) is 0 Å². The molecule has 0 radical (unpaired) electrons. The molecule has 0 fully saturated rings. The quantitative estimate of drug-likeness (QED) is 0.317. The van der Waals surface area contributed by atoms with Gasteiger partial charge >= 0.3 is 0 Å². The number of H-pyrrole nitrogens is 1. The standard InChI is InChI=1S/C27H26F2N2O3/c1-2-12-34-25-11-10-17(21-7-5-8-23(28)26(21)29)14-22(25)27(33)31-19(16-32)13-18-15-30-24-9-4-3-6-20(18)24/h3-11,14-15,19,30,32H,2,12-13,16H2,1H3,(H,31,33). The Hall–Kier alpha value is -3.71. The lowest BCUT2D eigenvalue weighted by Gasteiger charge is -2.18. The zero-order chi connectivity index (χ0) is 24.1. The van der Waals surface area contributed by atoms with Gasteiger partial charge in [-0.25, -0.2) is 8.78 Å². The number of rotatable bonds is 9. The number of hydrogen-bond donors (Lipinski definition) is 3. The third kappa shape index (κ3) is 4.94. The van der Waals surface area contributed by atoms with Crippen LogP contribution in [-0.2, 0) is 6.42 Å². The van der Waals surface area contributed by atoms with E-state index in [2.05, 4.69) is 10.3 Å². The van der Waals surface area contributed by atoms with Crippen LogP contribution in [-0.4, -0.2) is 35.3 Å². The number of para-hydroxylation sites is 1. The van der Waals surface area contributed by atoms with Gasteiger partial charge in [0.2, 0.25) is 0 Å². The normalized spacial score (nSPS) is 12.0. The first kappa shape index (κ1) is 23.4. The number of ether oxygens (including phenoxy) is 1. The van der Waals surface area contributed by atoms with E-state index in [4.69, 9.17) is 4.74 Å². The molecule has 5 nitrogen and oxygen atoms in total. The molecule has 1 aromatic heterocycles. The fourth-order valence-electron chi connectivity index (χ4n) is 3.93. The van der Waals surface area contributed by atoms with Crippen molar-refractivity contribution in [3.63, 3.8) is 0 Å². The number of aliphatic hydroxyl groups is 1. The number of benzene rings is 3. The van der Waals surface area contributed by atoms with Crippen LogP contribution in [0.15, 0.2) is 66.9 Å². The summed E-state index contributed by atoms with van der Waals surface area (Å²) in [5.74, 6) is -2.08. The lowest BCUT2D eigenvalue weighted by Crippen LogP contribution is -2.39. The third-order valence-electron chi connectivity index (χ3n) is 5.65. The molecule has 0 saturated carbocycles. The van der Waals surface area contributed by atoms with Crippen molar-refractivity contribution in [3.05, 3.63) is 89.6 Å². The number of carbonyl (C=O) groups is 1. The predicted octanol–water partition coefficient (Wildman–Crippen LogP) is 5.24. The van der Waals surface area contributed by atoms with Crippen molar-refractivity contribution in [2.75, 3.05) is 13.2 Å². The fraction of sp³-hybridized carbons (Fsp3) is 0.222. The van der Waals surface area contributed by atoms with E-state index >= 15 is 0 Å². The smallest absolute Gasteiger partial charge is 0.255 e. The van der Waals surface area contributed by atoms with Gasteiger partial charge in [-0.3, -0.25) is 4.79 Å². The summed E-state index contributed by atoms with van der Waals surface area (Å²) in [4.78, 5) is 16.4. The number of nitrogens with one attached hydrogen (secondary N) is 2. The van der Waals surface area contributed by atoms with Crippen molar-refractivity contribution >= 4 is 16.8 Å². The Labute approximate surface area is 196 Å². The Morgan fingerprint density at radius 3 is 2.74 bits per heavy atom. The van der Waals surface area contributed by atoms with Crippen molar-refractivity contribution < 1.29 is 23.4 Å². The minimum absolute atomic E-state index is 0.0496. The van der Waals surface area contributed by atoms with Crippen molar-refractivity contribution in [1.82, 2.24) is 10.3 Å². The van der Waals surface area contributed by atoms with Gasteiger partial charge < -0.3 is 20.1 Å². The Morgan fingerprint density at radius 2 is 1.94 bits per heavy atom. The SMILES string of the molecule is CCCOc1ccc(-c2cccc(F)c2F)cc1C(=O)NC(CO)Cc1c[nH]c2ccccc12. The number of carbonyl (C=O) groups excluding carboxylic acids is 1. The van der Waals surface area contributed by atoms with Crippen LogP contribution in [0.1, 0.15) is 29.3 Å². The van der Waals surface area contributed by atoms with Gasteiger partial charge in [-0.2, -0.15) is 0 Å². The lowest BCUT2D eigenvalue weighted by molar-refractivity contribution is 0.0912. The second-order valence-corrected chi connectivity index (χ2v) is 8.08. The molecule has 1 unspecified atom stereocenters. The number of aliphatic hydroxyl groups excluding tert-OH is 1. The summed E-state index contributed by atoms with van der Waals surface area (Å²) >= 11 is 0. The van der Waals surface area contributed by atoms with E-state index in [0.717, 1.165) is 29.0 Å². The van der Waals surface area contributed by atoms with Crippen LogP contribution in [0.3, 0.4) is 0 Å². The Bertz CT molecular complexity index is 1300. The predicted molar refractivity (Wildman–Crippen MR) is 128 cm³/mol. The average molecular weight is 465 g/mol. The first-order valence-electron chi connectivity index (χ1n) is 11.2. The summed E-state index contributed by atoms with van der Waals surface area (Å²) in [6.07, 6.45) is 3.01. The molecule has 0 aliphatic heterocycles. The van der Waals surface area contributed by atoms with Gasteiger partial charge in [0.25, 0.3) is 5.91 Å². The molecular formula is C27H26F2N2O3. The van der Waals surface area contributed by atoms with Crippen molar-refractivity contribution in [2.45, 2.75) is 25.8 Å². The van der Waals surface area contributed by atoms with Crippen molar-refractivity contribution in [2.24, 2.45) is 0 Å². The molecule has 0 aliphatic carbocycles. The van der Waals surface area contributed by atoms with Crippen molar-refractivity contribution in [3.8, 4) is 16.9 Å². The van der Waals surface area contributed by atoms with Gasteiger partial charge in [0.15, 0.2) is 11.6 Å². The van der Waals surface area contributed by atoms with Crippen LogP contribution in [0, 0.1) is 11.6 Å². The second kappa shape index (κ2) is 10.5. The monoisotopic (exact) mass is 464 g/mol. The molecule has 176 valence electrons. The summed E-state index contributed by atoms with van der Waals surface area (Å²) in [5.41, 5.74) is 2.53. The van der Waals surface area contributed by atoms with E-state index in [-0.39, 0.29) is 17.7 Å². The van der Waals surface area contributed by atoms with Gasteiger partial charge in [0.05, 0.1) is 24.8 Å². The van der Waals surface area contributed by atoms with Gasteiger partial charge in [0.1, 0.15) is 5.75 Å². The molecular weight excluding hydrogens is 438 g/mol. The van der Waals surface area contributed by atoms with E-state index < -0.39 is 23.6 Å². The zero-order valence-electron chi connectivity index (χ0n) is 18.8. The molecule has 4 aromatic rings. The van der Waals surface area contributed by atoms with Gasteiger partial charge in [-0.05, 0) is 48.2 Å². The average Bonchev–Trinajstić information content (AvgIpc) is 3.26. The minimum Gasteiger partial charge on any atom is -0.493 e. The van der Waals surface area contributed by atoms with E-state index in [1.807, 2.05) is 37.4 Å². The number of halogens is 2. The van der Waals surface area contributed by atoms with Crippen molar-refractivity contribution in [1.29, 1.82) is 0 Å². The highest BCUT2D eigenvalue weighted by molar-refractivity contribution is 5.98. The number of aromatic nitrogens is 1. The molecule has 1 heterocycles. The summed E-state index contributed by atoms with van der Waals surface area (Å²) in [6.45, 7) is 2.07. The second-order valence-electron chi connectivity index (χ2n) is 8.08. The molecule has 0 saturated heterocycles. The summed E-state index contributed by atoms with van der Waals surface area (Å²) in [7, 11) is 0. The molecule has 1 atom stereocenters. The highest BCUT2D eigenvalue weighted by Crippen LogP contribution is 2.30. The number of fused-ring (bicyclic) bond motifs is 1. The van der Waals surface area contributed by atoms with Crippen LogP contribution in [0.5, 0.6) is 5.75 Å². The molecule has 4 rings (SSSR count).